The highest BCUT2D eigenvalue weighted by Crippen LogP contribution is 2.23. The Morgan fingerprint density at radius 1 is 1.19 bits per heavy atom. The van der Waals surface area contributed by atoms with Crippen molar-refractivity contribution in [2.45, 2.75) is 19.4 Å². The van der Waals surface area contributed by atoms with Crippen molar-refractivity contribution in [3.8, 4) is 0 Å². The summed E-state index contributed by atoms with van der Waals surface area (Å²) in [6.07, 6.45) is 2.49. The summed E-state index contributed by atoms with van der Waals surface area (Å²) < 4.78 is 0.925. The molecule has 0 unspecified atom stereocenters. The number of benzene rings is 1. The van der Waals surface area contributed by atoms with E-state index in [-0.39, 0.29) is 0 Å². The first-order valence-corrected chi connectivity index (χ1v) is 5.75. The molecule has 0 atom stereocenters. The van der Waals surface area contributed by atoms with E-state index in [1.54, 1.807) is 0 Å². The molecule has 0 radical (unpaired) electrons. The van der Waals surface area contributed by atoms with Crippen LogP contribution in [-0.2, 0) is 6.54 Å². The van der Waals surface area contributed by atoms with Crippen LogP contribution in [0.5, 0.6) is 0 Å². The summed E-state index contributed by atoms with van der Waals surface area (Å²) >= 11 is 0. The summed E-state index contributed by atoms with van der Waals surface area (Å²) in [7, 11) is 0. The Labute approximate surface area is 95.7 Å². The fraction of sp³-hybridized carbons (Fsp3) is 0.500. The van der Waals surface area contributed by atoms with Crippen molar-refractivity contribution >= 4 is 0 Å². The van der Waals surface area contributed by atoms with Crippen molar-refractivity contribution < 1.29 is 4.48 Å². The maximum absolute atomic E-state index is 8.46. The monoisotopic (exact) mass is 217 g/mol. The van der Waals surface area contributed by atoms with E-state index in [9.17, 15) is 0 Å². The van der Waals surface area contributed by atoms with Gasteiger partial charge in [0.2, 0.25) is 0 Å². The van der Waals surface area contributed by atoms with Crippen LogP contribution in [0.2, 0.25) is 0 Å². The number of hydrogen-bond donors (Lipinski definition) is 0. The molecule has 4 heteroatoms. The largest absolute Gasteiger partial charge is 0.315 e. The third-order valence-corrected chi connectivity index (χ3v) is 3.30. The fourth-order valence-electron chi connectivity index (χ4n) is 2.49. The molecule has 1 fully saturated rings. The first kappa shape index (κ1) is 11.0. The Kier molecular flexibility index (Phi) is 3.44. The molecule has 1 saturated heterocycles. The van der Waals surface area contributed by atoms with E-state index in [0.29, 0.717) is 6.67 Å². The predicted molar refractivity (Wildman–Crippen MR) is 63.4 cm³/mol. The maximum Gasteiger partial charge on any atom is 0.159 e. The second kappa shape index (κ2) is 5.01. The summed E-state index contributed by atoms with van der Waals surface area (Å²) in [5.74, 6) is 0. The van der Waals surface area contributed by atoms with Crippen molar-refractivity contribution in [1.82, 2.24) is 0 Å². The first-order chi connectivity index (χ1) is 7.85. The zero-order valence-corrected chi connectivity index (χ0v) is 9.42. The molecule has 16 heavy (non-hydrogen) atoms. The van der Waals surface area contributed by atoms with Gasteiger partial charge in [-0.3, -0.25) is 0 Å². The van der Waals surface area contributed by atoms with Gasteiger partial charge < -0.3 is 4.48 Å². The number of rotatable bonds is 4. The quantitative estimate of drug-likeness (QED) is 0.322. The number of azide groups is 1. The van der Waals surface area contributed by atoms with Crippen LogP contribution in [0.3, 0.4) is 0 Å². The van der Waals surface area contributed by atoms with Gasteiger partial charge in [0.25, 0.3) is 0 Å². The van der Waals surface area contributed by atoms with Gasteiger partial charge in [0.05, 0.1) is 13.1 Å². The molecule has 1 aliphatic rings. The summed E-state index contributed by atoms with van der Waals surface area (Å²) in [4.78, 5) is 2.90. The Hall–Kier alpha value is -1.51. The minimum absolute atomic E-state index is 0.589. The molecule has 1 aliphatic heterocycles. The highest BCUT2D eigenvalue weighted by molar-refractivity contribution is 5.13. The van der Waals surface area contributed by atoms with Crippen LogP contribution in [0.1, 0.15) is 18.4 Å². The number of quaternary nitrogens is 1. The van der Waals surface area contributed by atoms with Crippen LogP contribution in [0, 0.1) is 0 Å². The first-order valence-electron chi connectivity index (χ1n) is 5.75. The average Bonchev–Trinajstić information content (AvgIpc) is 2.77. The van der Waals surface area contributed by atoms with Crippen LogP contribution >= 0.6 is 0 Å². The molecule has 0 bridgehead atoms. The molecule has 84 valence electrons. The van der Waals surface area contributed by atoms with E-state index in [2.05, 4.69) is 34.3 Å². The van der Waals surface area contributed by atoms with Gasteiger partial charge in [0.15, 0.2) is 6.67 Å². The van der Waals surface area contributed by atoms with E-state index < -0.39 is 0 Å². The number of hydrogen-bond acceptors (Lipinski definition) is 1. The van der Waals surface area contributed by atoms with E-state index in [1.165, 1.54) is 18.4 Å². The van der Waals surface area contributed by atoms with Crippen LogP contribution in [-0.4, -0.2) is 24.2 Å². The number of nitrogens with zero attached hydrogens (tertiary/aromatic N) is 4. The lowest BCUT2D eigenvalue weighted by Gasteiger charge is -2.32. The molecule has 0 aromatic heterocycles. The third kappa shape index (κ3) is 2.54. The summed E-state index contributed by atoms with van der Waals surface area (Å²) in [5.41, 5.74) is 9.79. The number of likely N-dealkylation sites (tertiary alicyclic amines) is 1. The van der Waals surface area contributed by atoms with E-state index >= 15 is 0 Å². The van der Waals surface area contributed by atoms with Crippen molar-refractivity contribution in [3.05, 3.63) is 46.3 Å². The van der Waals surface area contributed by atoms with Gasteiger partial charge in [-0.05, 0) is 10.6 Å². The third-order valence-electron chi connectivity index (χ3n) is 3.30. The van der Waals surface area contributed by atoms with Gasteiger partial charge in [-0.15, -0.1) is 0 Å². The van der Waals surface area contributed by atoms with Gasteiger partial charge in [0.1, 0.15) is 6.54 Å². The molecule has 0 N–H and O–H groups in total. The average molecular weight is 217 g/mol. The van der Waals surface area contributed by atoms with Crippen molar-refractivity contribution in [2.75, 3.05) is 19.8 Å². The molecule has 0 spiro atoms. The highest BCUT2D eigenvalue weighted by atomic mass is 15.4. The Morgan fingerprint density at radius 2 is 1.88 bits per heavy atom. The molecule has 2 rings (SSSR count). The van der Waals surface area contributed by atoms with Crippen LogP contribution in [0.25, 0.3) is 10.4 Å². The van der Waals surface area contributed by atoms with Crippen LogP contribution in [0.15, 0.2) is 35.4 Å². The van der Waals surface area contributed by atoms with Crippen LogP contribution in [0.4, 0.5) is 0 Å². The summed E-state index contributed by atoms with van der Waals surface area (Å²) in [6.45, 7) is 3.84. The standard InChI is InChI=1S/C12H17N4/c13-15-14-11-16(8-4-5-9-16)10-12-6-2-1-3-7-12/h1-3,6-7H,4-5,8-11H2/q+1. The Balaban J connectivity index is 2.11. The maximum atomic E-state index is 8.46. The minimum atomic E-state index is 0.589. The van der Waals surface area contributed by atoms with Gasteiger partial charge in [0, 0.05) is 23.3 Å². The molecule has 1 heterocycles. The Morgan fingerprint density at radius 3 is 2.50 bits per heavy atom. The lowest BCUT2D eigenvalue weighted by Crippen LogP contribution is -2.44. The van der Waals surface area contributed by atoms with E-state index in [0.717, 1.165) is 24.1 Å². The van der Waals surface area contributed by atoms with E-state index in [1.807, 2.05) is 6.07 Å². The fourth-order valence-corrected chi connectivity index (χ4v) is 2.49. The molecule has 0 aliphatic carbocycles. The molecule has 0 amide bonds. The van der Waals surface area contributed by atoms with Crippen molar-refractivity contribution in [1.29, 1.82) is 0 Å². The predicted octanol–water partition coefficient (Wildman–Crippen LogP) is 3.07. The second-order valence-corrected chi connectivity index (χ2v) is 4.51. The molecular formula is C12H17N4+. The smallest absolute Gasteiger partial charge is 0.159 e. The molecule has 1 aromatic carbocycles. The van der Waals surface area contributed by atoms with Gasteiger partial charge in [-0.1, -0.05) is 30.3 Å². The highest BCUT2D eigenvalue weighted by Gasteiger charge is 2.31. The van der Waals surface area contributed by atoms with Gasteiger partial charge in [-0.2, -0.15) is 0 Å². The lowest BCUT2D eigenvalue weighted by molar-refractivity contribution is -0.929. The molecular weight excluding hydrogens is 200 g/mol. The summed E-state index contributed by atoms with van der Waals surface area (Å²) in [5, 5.41) is 3.77. The van der Waals surface area contributed by atoms with Gasteiger partial charge in [-0.25, -0.2) is 0 Å². The van der Waals surface area contributed by atoms with Crippen LogP contribution < -0.4 is 0 Å². The second-order valence-electron chi connectivity index (χ2n) is 4.51. The SMILES string of the molecule is [N-]=[N+]=NC[N+]1(Cc2ccccc2)CCCC1. The zero-order chi connectivity index (χ0) is 11.3. The lowest BCUT2D eigenvalue weighted by atomic mass is 10.2. The van der Waals surface area contributed by atoms with Gasteiger partial charge >= 0.3 is 0 Å². The molecule has 1 aromatic rings. The molecule has 4 nitrogen and oxygen atoms in total. The normalized spacial score (nSPS) is 18.0. The minimum Gasteiger partial charge on any atom is -0.315 e. The van der Waals surface area contributed by atoms with E-state index in [4.69, 9.17) is 5.53 Å². The Bertz CT molecular complexity index is 375. The zero-order valence-electron chi connectivity index (χ0n) is 9.42. The molecule has 0 saturated carbocycles. The summed E-state index contributed by atoms with van der Waals surface area (Å²) in [6, 6.07) is 10.5. The van der Waals surface area contributed by atoms with Crippen molar-refractivity contribution in [2.24, 2.45) is 5.11 Å². The topological polar surface area (TPSA) is 48.8 Å². The van der Waals surface area contributed by atoms with Crippen molar-refractivity contribution in [3.63, 3.8) is 0 Å².